The molecule has 0 aromatic heterocycles. The predicted molar refractivity (Wildman–Crippen MR) is 128 cm³/mol. The number of hydrogen-bond acceptors (Lipinski definition) is 4. The van der Waals surface area contributed by atoms with E-state index in [1.54, 1.807) is 13.8 Å². The third kappa shape index (κ3) is 6.34. The van der Waals surface area contributed by atoms with Crippen molar-refractivity contribution in [3.05, 3.63) is 59.7 Å². The van der Waals surface area contributed by atoms with Crippen LogP contribution in [0.2, 0.25) is 0 Å². The highest BCUT2D eigenvalue weighted by Crippen LogP contribution is 2.47. The summed E-state index contributed by atoms with van der Waals surface area (Å²) in [4.78, 5) is 24.6. The Labute approximate surface area is 212 Å². The maximum absolute atomic E-state index is 15.1. The molecule has 0 heterocycles. The first-order chi connectivity index (χ1) is 17.2. The molecule has 0 bridgehead atoms. The van der Waals surface area contributed by atoms with Gasteiger partial charge in [0.25, 0.3) is 0 Å². The van der Waals surface area contributed by atoms with Crippen molar-refractivity contribution in [2.75, 3.05) is 0 Å². The predicted octanol–water partition coefficient (Wildman–Crippen LogP) is 5.97. The molecular formula is C27H28F5N3O2. The van der Waals surface area contributed by atoms with E-state index in [0.29, 0.717) is 24.0 Å². The molecule has 1 aliphatic rings. The van der Waals surface area contributed by atoms with Crippen molar-refractivity contribution < 1.29 is 31.5 Å². The van der Waals surface area contributed by atoms with Crippen molar-refractivity contribution >= 4 is 11.7 Å². The highest BCUT2D eigenvalue weighted by molar-refractivity contribution is 5.94. The molecule has 0 spiro atoms. The molecule has 1 fully saturated rings. The minimum Gasteiger partial charge on any atom is -0.336 e. The highest BCUT2D eigenvalue weighted by atomic mass is 19.4. The van der Waals surface area contributed by atoms with Crippen LogP contribution >= 0.6 is 0 Å². The van der Waals surface area contributed by atoms with E-state index in [0.717, 1.165) is 6.07 Å². The minimum atomic E-state index is -5.92. The molecule has 37 heavy (non-hydrogen) atoms. The summed E-state index contributed by atoms with van der Waals surface area (Å²) in [5.41, 5.74) is -0.693. The normalized spacial score (nSPS) is 16.5. The van der Waals surface area contributed by atoms with Crippen LogP contribution in [0.5, 0.6) is 0 Å². The molecule has 5 nitrogen and oxygen atoms in total. The first-order valence-electron chi connectivity index (χ1n) is 11.8. The van der Waals surface area contributed by atoms with E-state index in [1.165, 1.54) is 49.4 Å². The number of carbonyl (C=O) groups is 2. The first-order valence-corrected chi connectivity index (χ1v) is 11.8. The van der Waals surface area contributed by atoms with Crippen molar-refractivity contribution in [2.45, 2.75) is 69.8 Å². The van der Waals surface area contributed by atoms with E-state index in [4.69, 9.17) is 0 Å². The van der Waals surface area contributed by atoms with Gasteiger partial charge in [-0.25, -0.2) is 0 Å². The van der Waals surface area contributed by atoms with Gasteiger partial charge < -0.3 is 5.32 Å². The molecular weight excluding hydrogens is 493 g/mol. The van der Waals surface area contributed by atoms with Crippen molar-refractivity contribution in [2.24, 2.45) is 5.92 Å². The molecule has 198 valence electrons. The number of nitriles is 1. The number of nitrogens with one attached hydrogen (secondary N) is 2. The van der Waals surface area contributed by atoms with E-state index < -0.39 is 35.6 Å². The van der Waals surface area contributed by atoms with E-state index in [2.05, 4.69) is 10.6 Å². The van der Waals surface area contributed by atoms with Crippen LogP contribution in [-0.2, 0) is 4.79 Å². The van der Waals surface area contributed by atoms with Crippen LogP contribution < -0.4 is 10.6 Å². The summed E-state index contributed by atoms with van der Waals surface area (Å²) in [5, 5.41) is 14.1. The average Bonchev–Trinajstić information content (AvgIpc) is 3.60. The number of rotatable bonds is 10. The Morgan fingerprint density at radius 1 is 1.03 bits per heavy atom. The Hall–Kier alpha value is -3.32. The first kappa shape index (κ1) is 28.3. The molecule has 0 unspecified atom stereocenters. The van der Waals surface area contributed by atoms with Gasteiger partial charge in [-0.1, -0.05) is 62.4 Å². The summed E-state index contributed by atoms with van der Waals surface area (Å²) in [7, 11) is 0. The Morgan fingerprint density at radius 2 is 1.62 bits per heavy atom. The Kier molecular flexibility index (Phi) is 8.08. The second-order valence-corrected chi connectivity index (χ2v) is 9.81. The van der Waals surface area contributed by atoms with Crippen molar-refractivity contribution in [1.29, 1.82) is 5.26 Å². The van der Waals surface area contributed by atoms with Crippen LogP contribution in [0.3, 0.4) is 0 Å². The molecule has 2 aromatic carbocycles. The monoisotopic (exact) mass is 521 g/mol. The summed E-state index contributed by atoms with van der Waals surface area (Å²) in [6.07, 6.45) is -5.19. The van der Waals surface area contributed by atoms with Gasteiger partial charge in [-0.15, -0.1) is 0 Å². The second kappa shape index (κ2) is 10.6. The molecule has 1 amide bonds. The van der Waals surface area contributed by atoms with Crippen LogP contribution in [0, 0.1) is 17.2 Å². The fraction of sp³-hybridized carbons (Fsp3) is 0.444. The standard InChI is InChI=1S/C27H28F5N3O2/c1-16(2)14-22(24(37)35-25(15-33)12-13-25)34-23(26(28,29)27(30,31)32)21-7-5-4-6-20(21)19-10-8-18(9-11-19)17(3)36/h4-11,16,22-23,34H,12-14H2,1-3H3,(H,35,37)/t22-,23-/m0/s1. The van der Waals surface area contributed by atoms with Gasteiger partial charge in [-0.2, -0.15) is 27.2 Å². The SMILES string of the molecule is CC(=O)c1ccc(-c2ccccc2[C@H](N[C@@H](CC(C)C)C(=O)NC2(C#N)CC2)C(F)(F)C(F)(F)F)cc1. The minimum absolute atomic E-state index is 0.0345. The van der Waals surface area contributed by atoms with E-state index in [-0.39, 0.29) is 29.2 Å². The number of benzene rings is 2. The van der Waals surface area contributed by atoms with Gasteiger partial charge >= 0.3 is 12.1 Å². The van der Waals surface area contributed by atoms with Crippen molar-refractivity contribution in [1.82, 2.24) is 10.6 Å². The fourth-order valence-electron chi connectivity index (χ4n) is 4.09. The number of nitrogens with zero attached hydrogens (tertiary/aromatic N) is 1. The smallest absolute Gasteiger partial charge is 0.336 e. The maximum Gasteiger partial charge on any atom is 0.455 e. The van der Waals surface area contributed by atoms with Gasteiger partial charge in [-0.3, -0.25) is 14.9 Å². The summed E-state index contributed by atoms with van der Waals surface area (Å²) in [6.45, 7) is 4.77. The molecule has 3 rings (SSSR count). The second-order valence-electron chi connectivity index (χ2n) is 9.81. The molecule has 1 saturated carbocycles. The third-order valence-electron chi connectivity index (χ3n) is 6.33. The summed E-state index contributed by atoms with van der Waals surface area (Å²) in [6, 6.07) is 9.22. The molecule has 0 radical (unpaired) electrons. The van der Waals surface area contributed by atoms with Crippen LogP contribution in [-0.4, -0.2) is 35.4 Å². The number of ketones is 1. The van der Waals surface area contributed by atoms with E-state index in [9.17, 15) is 28.0 Å². The zero-order valence-electron chi connectivity index (χ0n) is 20.6. The number of Topliss-reactive ketones (excluding diaryl/α,β-unsaturated/α-hetero) is 1. The zero-order chi connectivity index (χ0) is 27.6. The highest BCUT2D eigenvalue weighted by Gasteiger charge is 2.63. The lowest BCUT2D eigenvalue weighted by Crippen LogP contribution is -2.55. The number of carbonyl (C=O) groups excluding carboxylic acids is 2. The Bertz CT molecular complexity index is 1180. The largest absolute Gasteiger partial charge is 0.455 e. The number of halogens is 5. The van der Waals surface area contributed by atoms with Gasteiger partial charge in [0.05, 0.1) is 12.1 Å². The van der Waals surface area contributed by atoms with Gasteiger partial charge in [0, 0.05) is 5.56 Å². The number of hydrogen-bond donors (Lipinski definition) is 2. The average molecular weight is 522 g/mol. The molecule has 2 N–H and O–H groups in total. The zero-order valence-corrected chi connectivity index (χ0v) is 20.6. The quantitative estimate of drug-likeness (QED) is 0.298. The Morgan fingerprint density at radius 3 is 2.11 bits per heavy atom. The summed E-state index contributed by atoms with van der Waals surface area (Å²) < 4.78 is 71.4. The molecule has 0 saturated heterocycles. The summed E-state index contributed by atoms with van der Waals surface area (Å²) in [5.74, 6) is -6.50. The molecule has 0 aliphatic heterocycles. The van der Waals surface area contributed by atoms with Gasteiger partial charge in [0.1, 0.15) is 11.6 Å². The lowest BCUT2D eigenvalue weighted by Gasteiger charge is -2.34. The topological polar surface area (TPSA) is 82.0 Å². The van der Waals surface area contributed by atoms with Crippen LogP contribution in [0.25, 0.3) is 11.1 Å². The molecule has 2 aromatic rings. The van der Waals surface area contributed by atoms with Crippen molar-refractivity contribution in [3.63, 3.8) is 0 Å². The van der Waals surface area contributed by atoms with E-state index in [1.807, 2.05) is 6.07 Å². The van der Waals surface area contributed by atoms with Gasteiger partial charge in [-0.05, 0) is 48.8 Å². The van der Waals surface area contributed by atoms with Crippen molar-refractivity contribution in [3.8, 4) is 17.2 Å². The lowest BCUT2D eigenvalue weighted by molar-refractivity contribution is -0.294. The maximum atomic E-state index is 15.1. The van der Waals surface area contributed by atoms with E-state index >= 15 is 8.78 Å². The van der Waals surface area contributed by atoms with Gasteiger partial charge in [0.2, 0.25) is 5.91 Å². The molecule has 1 aliphatic carbocycles. The van der Waals surface area contributed by atoms with Crippen LogP contribution in [0.4, 0.5) is 22.0 Å². The summed E-state index contributed by atoms with van der Waals surface area (Å²) >= 11 is 0. The van der Waals surface area contributed by atoms with Gasteiger partial charge in [0.15, 0.2) is 5.78 Å². The fourth-order valence-corrected chi connectivity index (χ4v) is 4.09. The molecule has 2 atom stereocenters. The number of amides is 1. The Balaban J connectivity index is 2.09. The third-order valence-corrected chi connectivity index (χ3v) is 6.33. The van der Waals surface area contributed by atoms with Crippen LogP contribution in [0.1, 0.15) is 62.0 Å². The number of alkyl halides is 5. The van der Waals surface area contributed by atoms with Crippen LogP contribution in [0.15, 0.2) is 48.5 Å². The lowest BCUT2D eigenvalue weighted by atomic mass is 9.89. The molecule has 10 heteroatoms.